The molecule has 12 aromatic rings. The third-order valence-corrected chi connectivity index (χ3v) is 12.4. The van der Waals surface area contributed by atoms with Crippen LogP contribution in [0, 0.1) is 0 Å². The smallest absolute Gasteiger partial charge is 0.160 e. The van der Waals surface area contributed by atoms with Crippen LogP contribution in [0.5, 0.6) is 0 Å². The van der Waals surface area contributed by atoms with Gasteiger partial charge in [0, 0.05) is 48.4 Å². The second-order valence-corrected chi connectivity index (χ2v) is 15.6. The van der Waals surface area contributed by atoms with Crippen molar-refractivity contribution in [1.29, 1.82) is 0 Å². The fraction of sp³-hybridized carbons (Fsp3) is 0. The summed E-state index contributed by atoms with van der Waals surface area (Å²) in [5, 5.41) is 5.70. The van der Waals surface area contributed by atoms with Gasteiger partial charge in [0.25, 0.3) is 0 Å². The Balaban J connectivity index is 1.08. The molecule has 0 atom stereocenters. The molecule has 57 heavy (non-hydrogen) atoms. The van der Waals surface area contributed by atoms with Crippen LogP contribution < -0.4 is 0 Å². The van der Waals surface area contributed by atoms with Crippen molar-refractivity contribution in [1.82, 2.24) is 14.5 Å². The van der Waals surface area contributed by atoms with Crippen molar-refractivity contribution >= 4 is 75.4 Å². The van der Waals surface area contributed by atoms with Crippen LogP contribution in [0.15, 0.2) is 192 Å². The predicted octanol–water partition coefficient (Wildman–Crippen LogP) is 14.5. The third kappa shape index (κ3) is 5.06. The van der Waals surface area contributed by atoms with Gasteiger partial charge in [-0.15, -0.1) is 11.3 Å². The summed E-state index contributed by atoms with van der Waals surface area (Å²) in [4.78, 5) is 10.7. The van der Waals surface area contributed by atoms with E-state index in [0.29, 0.717) is 5.82 Å². The summed E-state index contributed by atoms with van der Waals surface area (Å²) in [6.45, 7) is 0. The van der Waals surface area contributed by atoms with Crippen LogP contribution in [0.3, 0.4) is 0 Å². The van der Waals surface area contributed by atoms with E-state index >= 15 is 0 Å². The number of benzene rings is 8. The molecule has 0 aliphatic carbocycles. The second-order valence-electron chi connectivity index (χ2n) is 14.5. The minimum Gasteiger partial charge on any atom is -0.456 e. The van der Waals surface area contributed by atoms with E-state index in [0.717, 1.165) is 71.2 Å². The van der Waals surface area contributed by atoms with E-state index in [1.54, 1.807) is 11.3 Å². The first-order chi connectivity index (χ1) is 28.2. The van der Waals surface area contributed by atoms with Gasteiger partial charge in [0.15, 0.2) is 5.82 Å². The normalized spacial score (nSPS) is 11.9. The van der Waals surface area contributed by atoms with Gasteiger partial charge in [-0.1, -0.05) is 127 Å². The van der Waals surface area contributed by atoms with E-state index in [9.17, 15) is 0 Å². The van der Waals surface area contributed by atoms with Gasteiger partial charge in [-0.25, -0.2) is 9.97 Å². The number of rotatable bonds is 5. The molecule has 0 amide bonds. The van der Waals surface area contributed by atoms with Gasteiger partial charge < -0.3 is 8.98 Å². The highest BCUT2D eigenvalue weighted by atomic mass is 32.1. The Morgan fingerprint density at radius 1 is 0.439 bits per heavy atom. The minimum atomic E-state index is 0.705. The standard InChI is InChI=1S/C52H31N3OS/c1-4-13-32(14-5-1)34-25-28-47-42(31-34)50-51(57-47)49(53-52(54-50)33-15-6-2-7-16-33)39-20-12-22-46-48(39)41-30-36(24-27-45(41)56-46)35-23-26-44-40(29-35)38-19-10-11-21-43(38)55(44)37-17-8-3-9-18-37/h1-31H. The van der Waals surface area contributed by atoms with Crippen molar-refractivity contribution < 1.29 is 4.42 Å². The molecule has 5 heteroatoms. The first-order valence-electron chi connectivity index (χ1n) is 19.1. The van der Waals surface area contributed by atoms with Gasteiger partial charge in [-0.05, 0) is 82.9 Å². The zero-order valence-corrected chi connectivity index (χ0v) is 31.4. The van der Waals surface area contributed by atoms with Crippen LogP contribution in [0.2, 0.25) is 0 Å². The molecule has 0 unspecified atom stereocenters. The van der Waals surface area contributed by atoms with E-state index < -0.39 is 0 Å². The SMILES string of the molecule is c1ccc(-c2ccc3sc4c(-c5cccc6oc7ccc(-c8ccc9c(c8)c8ccccc8n9-c8ccccc8)cc7c56)nc(-c5ccccc5)nc4c3c2)cc1. The van der Waals surface area contributed by atoms with Crippen molar-refractivity contribution in [2.24, 2.45) is 0 Å². The maximum atomic E-state index is 6.59. The van der Waals surface area contributed by atoms with Crippen LogP contribution in [-0.4, -0.2) is 14.5 Å². The van der Waals surface area contributed by atoms with Gasteiger partial charge in [0.05, 0.1) is 26.9 Å². The summed E-state index contributed by atoms with van der Waals surface area (Å²) < 4.78 is 11.2. The van der Waals surface area contributed by atoms with E-state index in [1.165, 1.54) is 37.6 Å². The first-order valence-corrected chi connectivity index (χ1v) is 20.0. The number of para-hydroxylation sites is 2. The fourth-order valence-electron chi connectivity index (χ4n) is 8.56. The average Bonchev–Trinajstić information content (AvgIpc) is 3.96. The molecule has 0 radical (unpaired) electrons. The molecule has 0 fully saturated rings. The number of fused-ring (bicyclic) bond motifs is 9. The van der Waals surface area contributed by atoms with Crippen LogP contribution >= 0.6 is 11.3 Å². The fourth-order valence-corrected chi connectivity index (χ4v) is 9.69. The molecule has 4 nitrogen and oxygen atoms in total. The molecule has 0 spiro atoms. The number of hydrogen-bond donors (Lipinski definition) is 0. The molecule has 0 bridgehead atoms. The Labute approximate surface area is 331 Å². The second kappa shape index (κ2) is 12.6. The van der Waals surface area contributed by atoms with Crippen LogP contribution in [0.25, 0.3) is 115 Å². The van der Waals surface area contributed by atoms with Crippen LogP contribution in [0.4, 0.5) is 0 Å². The molecule has 0 aliphatic rings. The van der Waals surface area contributed by atoms with Crippen molar-refractivity contribution in [2.75, 3.05) is 0 Å². The molecule has 12 rings (SSSR count). The lowest BCUT2D eigenvalue weighted by molar-refractivity contribution is 0.669. The van der Waals surface area contributed by atoms with Crippen molar-refractivity contribution in [3.05, 3.63) is 188 Å². The molecule has 0 aliphatic heterocycles. The van der Waals surface area contributed by atoms with Crippen LogP contribution in [0.1, 0.15) is 0 Å². The number of furan rings is 1. The maximum Gasteiger partial charge on any atom is 0.160 e. The molecule has 4 heterocycles. The number of nitrogens with zero attached hydrogens (tertiary/aromatic N) is 3. The summed E-state index contributed by atoms with van der Waals surface area (Å²) in [6.07, 6.45) is 0. The minimum absolute atomic E-state index is 0.705. The van der Waals surface area contributed by atoms with Crippen molar-refractivity contribution in [3.8, 4) is 50.6 Å². The average molecular weight is 746 g/mol. The summed E-state index contributed by atoms with van der Waals surface area (Å²) in [5.74, 6) is 0.705. The van der Waals surface area contributed by atoms with Gasteiger partial charge in [-0.2, -0.15) is 0 Å². The lowest BCUT2D eigenvalue weighted by Gasteiger charge is -2.09. The van der Waals surface area contributed by atoms with E-state index in [2.05, 4.69) is 174 Å². The van der Waals surface area contributed by atoms with Gasteiger partial charge >= 0.3 is 0 Å². The Kier molecular flexibility index (Phi) is 7.06. The Hall–Kier alpha value is -7.34. The van der Waals surface area contributed by atoms with Gasteiger partial charge in [0.2, 0.25) is 0 Å². The molecule has 4 aromatic heterocycles. The Bertz CT molecular complexity index is 3510. The summed E-state index contributed by atoms with van der Waals surface area (Å²) >= 11 is 1.75. The predicted molar refractivity (Wildman–Crippen MR) is 238 cm³/mol. The summed E-state index contributed by atoms with van der Waals surface area (Å²) in [7, 11) is 0. The quantitative estimate of drug-likeness (QED) is 0.176. The lowest BCUT2D eigenvalue weighted by Crippen LogP contribution is -1.94. The number of hydrogen-bond acceptors (Lipinski definition) is 4. The van der Waals surface area contributed by atoms with Crippen molar-refractivity contribution in [2.45, 2.75) is 0 Å². The molecule has 0 N–H and O–H groups in total. The van der Waals surface area contributed by atoms with Gasteiger partial charge in [-0.3, -0.25) is 0 Å². The topological polar surface area (TPSA) is 43.9 Å². The first kappa shape index (κ1) is 32.0. The molecule has 8 aromatic carbocycles. The highest BCUT2D eigenvalue weighted by Crippen LogP contribution is 2.45. The molecular formula is C52H31N3OS. The number of aromatic nitrogens is 3. The molecule has 266 valence electrons. The zero-order chi connectivity index (χ0) is 37.5. The van der Waals surface area contributed by atoms with Crippen LogP contribution in [-0.2, 0) is 0 Å². The highest BCUT2D eigenvalue weighted by Gasteiger charge is 2.22. The maximum absolute atomic E-state index is 6.59. The largest absolute Gasteiger partial charge is 0.456 e. The van der Waals surface area contributed by atoms with Crippen molar-refractivity contribution in [3.63, 3.8) is 0 Å². The summed E-state index contributed by atoms with van der Waals surface area (Å²) in [5.41, 5.74) is 13.7. The summed E-state index contributed by atoms with van der Waals surface area (Å²) in [6, 6.07) is 66.6. The lowest BCUT2D eigenvalue weighted by atomic mass is 9.98. The highest BCUT2D eigenvalue weighted by molar-refractivity contribution is 7.26. The van der Waals surface area contributed by atoms with E-state index in [4.69, 9.17) is 14.4 Å². The molecule has 0 saturated carbocycles. The molecular weight excluding hydrogens is 715 g/mol. The van der Waals surface area contributed by atoms with E-state index in [-0.39, 0.29) is 0 Å². The third-order valence-electron chi connectivity index (χ3n) is 11.2. The monoisotopic (exact) mass is 745 g/mol. The Morgan fingerprint density at radius 2 is 1.09 bits per heavy atom. The Morgan fingerprint density at radius 3 is 1.91 bits per heavy atom. The molecule has 0 saturated heterocycles. The zero-order valence-electron chi connectivity index (χ0n) is 30.6. The van der Waals surface area contributed by atoms with E-state index in [1.807, 2.05) is 18.2 Å². The number of thiophene rings is 1. The van der Waals surface area contributed by atoms with Gasteiger partial charge in [0.1, 0.15) is 11.2 Å².